The van der Waals surface area contributed by atoms with E-state index in [1.807, 2.05) is 35.1 Å². The topological polar surface area (TPSA) is 44.9 Å². The predicted octanol–water partition coefficient (Wildman–Crippen LogP) is 10.8. The van der Waals surface area contributed by atoms with Crippen molar-refractivity contribution in [1.82, 2.24) is 19.3 Å². The predicted molar refractivity (Wildman–Crippen MR) is 192 cm³/mol. The van der Waals surface area contributed by atoms with Gasteiger partial charge in [0.05, 0.1) is 5.69 Å². The molecular weight excluding hydrogens is 772 g/mol. The van der Waals surface area contributed by atoms with Crippen LogP contribution in [0.1, 0.15) is 60.7 Å². The maximum Gasteiger partial charge on any atom is 2.00 e. The Balaban J connectivity index is 0.00000401. The van der Waals surface area contributed by atoms with E-state index in [2.05, 4.69) is 112 Å². The van der Waals surface area contributed by atoms with Crippen LogP contribution in [0.2, 0.25) is 0 Å². The summed E-state index contributed by atoms with van der Waals surface area (Å²) in [5, 5.41) is 7.26. The van der Waals surface area contributed by atoms with Crippen LogP contribution in [0.25, 0.3) is 44.4 Å². The van der Waals surface area contributed by atoms with Crippen LogP contribution in [0, 0.1) is 39.8 Å². The number of aryl methyl sites for hydroxylation is 4. The van der Waals surface area contributed by atoms with Crippen molar-refractivity contribution in [3.8, 4) is 34.1 Å². The van der Waals surface area contributed by atoms with Crippen LogP contribution >= 0.6 is 0 Å². The Bertz CT molecular complexity index is 2210. The molecule has 4 aromatic carbocycles. The van der Waals surface area contributed by atoms with Crippen molar-refractivity contribution >= 4 is 21.8 Å². The fourth-order valence-electron chi connectivity index (χ4n) is 6.67. The first-order valence-electron chi connectivity index (χ1n) is 16.7. The molecule has 3 aromatic heterocycles. The quantitative estimate of drug-likeness (QED) is 0.102. The number of hydrogen-bond acceptors (Lipinski definition) is 3. The van der Waals surface area contributed by atoms with E-state index < -0.39 is 0 Å². The second-order valence-corrected chi connectivity index (χ2v) is 12.6. The fraction of sp³-hybridized carbons (Fsp3) is 0.238. The third kappa shape index (κ3) is 6.62. The van der Waals surface area contributed by atoms with Crippen molar-refractivity contribution in [2.24, 2.45) is 0 Å². The van der Waals surface area contributed by atoms with Crippen LogP contribution in [0.4, 0.5) is 0 Å². The third-order valence-corrected chi connectivity index (χ3v) is 8.94. The second kappa shape index (κ2) is 14.3. The molecule has 7 rings (SSSR count). The van der Waals surface area contributed by atoms with Gasteiger partial charge in [-0.2, -0.15) is 16.7 Å². The molecule has 0 fully saturated rings. The monoisotopic (exact) mass is 811 g/mol. The van der Waals surface area contributed by atoms with Gasteiger partial charge in [0.2, 0.25) is 0 Å². The van der Waals surface area contributed by atoms with Gasteiger partial charge in [0, 0.05) is 34.5 Å². The summed E-state index contributed by atoms with van der Waals surface area (Å²) in [6.45, 7) is 10.6. The molecule has 0 N–H and O–H groups in total. The minimum atomic E-state index is 0. The van der Waals surface area contributed by atoms with Gasteiger partial charge in [-0.05, 0) is 79.6 Å². The van der Waals surface area contributed by atoms with E-state index in [0.717, 1.165) is 68.0 Å². The number of nitrogens with zero attached hydrogens (tertiary/aromatic N) is 4. The van der Waals surface area contributed by atoms with E-state index in [9.17, 15) is 0 Å². The van der Waals surface area contributed by atoms with Gasteiger partial charge in [0.15, 0.2) is 0 Å². The largest absolute Gasteiger partial charge is 2.00 e. The van der Waals surface area contributed by atoms with Gasteiger partial charge in [-0.1, -0.05) is 81.1 Å². The summed E-state index contributed by atoms with van der Waals surface area (Å²) >= 11 is 0. The molecule has 0 spiro atoms. The summed E-state index contributed by atoms with van der Waals surface area (Å²) in [4.78, 5) is 4.77. The number of ether oxygens (including phenoxy) is 1. The molecular formula is C42H40N4OPt. The van der Waals surface area contributed by atoms with Gasteiger partial charge in [-0.25, -0.2) is 4.98 Å². The maximum atomic E-state index is 6.52. The fourth-order valence-corrected chi connectivity index (χ4v) is 6.67. The Labute approximate surface area is 297 Å². The molecule has 0 atom stereocenters. The normalized spacial score (nSPS) is 11.3. The molecule has 0 bridgehead atoms. The van der Waals surface area contributed by atoms with Gasteiger partial charge in [0.25, 0.3) is 0 Å². The number of unbranched alkanes of at least 4 members (excludes halogenated alkanes) is 3. The van der Waals surface area contributed by atoms with Gasteiger partial charge in [-0.15, -0.1) is 35.7 Å². The maximum absolute atomic E-state index is 6.52. The Hall–Kier alpha value is -4.47. The van der Waals surface area contributed by atoms with Gasteiger partial charge in [0.1, 0.15) is 5.82 Å². The van der Waals surface area contributed by atoms with Gasteiger partial charge in [-0.3, -0.25) is 4.68 Å². The second-order valence-electron chi connectivity index (χ2n) is 12.6. The summed E-state index contributed by atoms with van der Waals surface area (Å²) in [6.07, 6.45) is 7.97. The molecule has 5 nitrogen and oxygen atoms in total. The molecule has 6 heteroatoms. The number of pyridine rings is 1. The van der Waals surface area contributed by atoms with Crippen molar-refractivity contribution in [1.29, 1.82) is 0 Å². The smallest absolute Gasteiger partial charge is 0.509 e. The number of hydrogen-bond donors (Lipinski definition) is 0. The summed E-state index contributed by atoms with van der Waals surface area (Å²) in [5.74, 6) is 2.12. The van der Waals surface area contributed by atoms with Crippen LogP contribution in [0.3, 0.4) is 0 Å². The Kier molecular flexibility index (Phi) is 9.98. The van der Waals surface area contributed by atoms with Gasteiger partial charge < -0.3 is 9.30 Å². The van der Waals surface area contributed by atoms with Gasteiger partial charge >= 0.3 is 21.1 Å². The first-order valence-corrected chi connectivity index (χ1v) is 16.7. The first-order chi connectivity index (χ1) is 22.9. The third-order valence-electron chi connectivity index (χ3n) is 8.94. The Morgan fingerprint density at radius 1 is 0.750 bits per heavy atom. The Morgan fingerprint density at radius 3 is 2.38 bits per heavy atom. The van der Waals surface area contributed by atoms with Crippen LogP contribution in [-0.2, 0) is 27.5 Å². The zero-order valence-corrected chi connectivity index (χ0v) is 30.5. The molecule has 0 aliphatic carbocycles. The molecule has 0 saturated carbocycles. The summed E-state index contributed by atoms with van der Waals surface area (Å²) in [6, 6.07) is 36.8. The van der Waals surface area contributed by atoms with Crippen LogP contribution in [-0.4, -0.2) is 19.3 Å². The van der Waals surface area contributed by atoms with E-state index in [0.29, 0.717) is 11.5 Å². The number of aromatic nitrogens is 4. The summed E-state index contributed by atoms with van der Waals surface area (Å²) in [5.41, 5.74) is 10.8. The minimum absolute atomic E-state index is 0. The van der Waals surface area contributed by atoms with Crippen LogP contribution in [0.15, 0.2) is 91.1 Å². The molecule has 0 radical (unpaired) electrons. The molecule has 0 amide bonds. The number of benzene rings is 4. The molecule has 48 heavy (non-hydrogen) atoms. The minimum Gasteiger partial charge on any atom is -0.509 e. The van der Waals surface area contributed by atoms with Crippen molar-refractivity contribution < 1.29 is 25.8 Å². The van der Waals surface area contributed by atoms with E-state index in [4.69, 9.17) is 14.8 Å². The van der Waals surface area contributed by atoms with E-state index in [-0.39, 0.29) is 21.1 Å². The van der Waals surface area contributed by atoms with E-state index in [1.165, 1.54) is 36.6 Å². The standard InChI is InChI=1S/C42H40N4O.Pt/c1-6-7-8-10-13-32-16-19-39-38(25-32)37-18-17-35(27-40(37)45(39)41-24-28(2)20-21-43-41)47-36-23-29(3)22-34(26-36)46-31(5)42(30(4)44-46)33-14-11-9-12-15-33;/h9,11-12,14-25H,6-8,10,13H2,1-5H3;/q-2;+2. The van der Waals surface area contributed by atoms with E-state index in [1.54, 1.807) is 0 Å². The molecule has 244 valence electrons. The van der Waals surface area contributed by atoms with Crippen LogP contribution < -0.4 is 4.74 Å². The van der Waals surface area contributed by atoms with Crippen molar-refractivity contribution in [2.45, 2.75) is 66.7 Å². The average Bonchev–Trinajstić information content (AvgIpc) is 3.55. The Morgan fingerprint density at radius 2 is 1.58 bits per heavy atom. The summed E-state index contributed by atoms with van der Waals surface area (Å²) in [7, 11) is 0. The molecule has 0 aliphatic heterocycles. The first kappa shape index (κ1) is 33.4. The molecule has 0 aliphatic rings. The van der Waals surface area contributed by atoms with Crippen molar-refractivity contribution in [3.63, 3.8) is 0 Å². The number of rotatable bonds is 10. The van der Waals surface area contributed by atoms with Crippen molar-refractivity contribution in [2.75, 3.05) is 0 Å². The van der Waals surface area contributed by atoms with Crippen LogP contribution in [0.5, 0.6) is 11.5 Å². The average molecular weight is 812 g/mol. The zero-order valence-electron chi connectivity index (χ0n) is 28.2. The van der Waals surface area contributed by atoms with Crippen molar-refractivity contribution in [3.05, 3.63) is 131 Å². The molecule has 0 unspecified atom stereocenters. The van der Waals surface area contributed by atoms with E-state index >= 15 is 0 Å². The molecule has 7 aromatic rings. The SMILES string of the molecule is CCCCCCc1ccc2c(c1)c1ccc(Oc3[c-]c(-n4nc(C)c(-c5ccccc5)c4C)cc(C)c3)[c-]c1n2-c1cc(C)ccn1.[Pt+2]. The number of fused-ring (bicyclic) bond motifs is 3. The zero-order chi connectivity index (χ0) is 32.5. The molecule has 0 saturated heterocycles. The molecule has 3 heterocycles. The summed E-state index contributed by atoms with van der Waals surface area (Å²) < 4.78 is 10.7.